The Morgan fingerprint density at radius 2 is 2.08 bits per heavy atom. The summed E-state index contributed by atoms with van der Waals surface area (Å²) >= 11 is 0. The average Bonchev–Trinajstić information content (AvgIpc) is 2.62. The summed E-state index contributed by atoms with van der Waals surface area (Å²) in [5.41, 5.74) is 0.791. The van der Waals surface area contributed by atoms with E-state index in [1.807, 2.05) is 13.0 Å². The number of likely N-dealkylation sites (tertiary alicyclic amines) is 1. The molecule has 1 aromatic carbocycles. The normalized spacial score (nSPS) is 16.4. The number of aliphatic imine (C=N–C) groups is 1. The number of hydrogen-bond acceptors (Lipinski definition) is 5. The lowest BCUT2D eigenvalue weighted by Crippen LogP contribution is -2.46. The lowest BCUT2D eigenvalue weighted by Gasteiger charge is -2.33. The third kappa shape index (κ3) is 5.43. The number of piperidine rings is 1. The first-order valence-electron chi connectivity index (χ1n) is 8.59. The van der Waals surface area contributed by atoms with Gasteiger partial charge in [-0.1, -0.05) is 12.1 Å². The van der Waals surface area contributed by atoms with Crippen LogP contribution in [-0.4, -0.2) is 52.0 Å². The highest BCUT2D eigenvalue weighted by molar-refractivity contribution is 7.89. The van der Waals surface area contributed by atoms with Gasteiger partial charge in [0.1, 0.15) is 0 Å². The topological polar surface area (TPSA) is 114 Å². The summed E-state index contributed by atoms with van der Waals surface area (Å²) < 4.78 is 28.0. The molecule has 26 heavy (non-hydrogen) atoms. The Balaban J connectivity index is 1.92. The molecule has 0 aromatic heterocycles. The second-order valence-corrected chi connectivity index (χ2v) is 7.67. The molecule has 144 valence electrons. The molecular formula is C17H26N4O4S. The first kappa shape index (κ1) is 20.2. The largest absolute Gasteiger partial charge is 0.466 e. The number of carbonyl (C=O) groups excluding carboxylic acids is 1. The van der Waals surface area contributed by atoms with Crippen molar-refractivity contribution in [1.29, 1.82) is 0 Å². The van der Waals surface area contributed by atoms with Gasteiger partial charge in [0.25, 0.3) is 0 Å². The molecule has 1 aliphatic heterocycles. The van der Waals surface area contributed by atoms with Crippen molar-refractivity contribution in [3.63, 3.8) is 0 Å². The molecule has 3 N–H and O–H groups in total. The van der Waals surface area contributed by atoms with E-state index in [4.69, 9.17) is 9.88 Å². The van der Waals surface area contributed by atoms with E-state index in [0.717, 1.165) is 18.4 Å². The molecule has 0 unspecified atom stereocenters. The van der Waals surface area contributed by atoms with Crippen LogP contribution in [0.1, 0.15) is 25.3 Å². The van der Waals surface area contributed by atoms with Crippen molar-refractivity contribution in [3.8, 4) is 0 Å². The molecule has 8 nitrogen and oxygen atoms in total. The molecule has 0 saturated carbocycles. The van der Waals surface area contributed by atoms with Crippen molar-refractivity contribution in [1.82, 2.24) is 10.2 Å². The SMILES string of the molecule is CCOC(=O)C1CCN(C(=NC)NCc2cccc(S(N)(=O)=O)c2)CC1. The van der Waals surface area contributed by atoms with Crippen LogP contribution in [0, 0.1) is 5.92 Å². The van der Waals surface area contributed by atoms with Gasteiger partial charge in [-0.15, -0.1) is 0 Å². The molecule has 0 radical (unpaired) electrons. The van der Waals surface area contributed by atoms with Crippen LogP contribution in [-0.2, 0) is 26.1 Å². The van der Waals surface area contributed by atoms with Gasteiger partial charge in [-0.05, 0) is 37.5 Å². The minimum absolute atomic E-state index is 0.0595. The van der Waals surface area contributed by atoms with Crippen molar-refractivity contribution in [2.75, 3.05) is 26.7 Å². The molecule has 1 fully saturated rings. The number of guanidine groups is 1. The summed E-state index contributed by atoms with van der Waals surface area (Å²) in [4.78, 5) is 18.3. The Bertz CT molecular complexity index is 756. The van der Waals surface area contributed by atoms with Crippen LogP contribution in [0.5, 0.6) is 0 Å². The molecule has 0 atom stereocenters. The molecule has 0 amide bonds. The van der Waals surface area contributed by atoms with Gasteiger partial charge < -0.3 is 15.0 Å². The van der Waals surface area contributed by atoms with Crippen molar-refractivity contribution < 1.29 is 17.9 Å². The van der Waals surface area contributed by atoms with E-state index in [0.29, 0.717) is 32.2 Å². The van der Waals surface area contributed by atoms with Crippen LogP contribution >= 0.6 is 0 Å². The van der Waals surface area contributed by atoms with E-state index in [-0.39, 0.29) is 16.8 Å². The van der Waals surface area contributed by atoms with Crippen molar-refractivity contribution in [3.05, 3.63) is 29.8 Å². The second kappa shape index (κ2) is 9.00. The van der Waals surface area contributed by atoms with E-state index >= 15 is 0 Å². The minimum Gasteiger partial charge on any atom is -0.466 e. The summed E-state index contributed by atoms with van der Waals surface area (Å²) in [5.74, 6) is 0.527. The van der Waals surface area contributed by atoms with Crippen LogP contribution in [0.15, 0.2) is 34.2 Å². The molecule has 1 aromatic rings. The maximum Gasteiger partial charge on any atom is 0.309 e. The molecular weight excluding hydrogens is 356 g/mol. The predicted octanol–water partition coefficient (Wildman–Crippen LogP) is 0.685. The zero-order chi connectivity index (χ0) is 19.2. The average molecular weight is 382 g/mol. The summed E-state index contributed by atoms with van der Waals surface area (Å²) in [6.07, 6.45) is 1.45. The first-order chi connectivity index (χ1) is 12.3. The molecule has 0 aliphatic carbocycles. The Morgan fingerprint density at radius 1 is 1.38 bits per heavy atom. The first-order valence-corrected chi connectivity index (χ1v) is 10.1. The summed E-state index contributed by atoms with van der Waals surface area (Å²) in [5, 5.41) is 8.39. The lowest BCUT2D eigenvalue weighted by molar-refractivity contribution is -0.149. The van der Waals surface area contributed by atoms with Gasteiger partial charge in [0.05, 0.1) is 17.4 Å². The van der Waals surface area contributed by atoms with Gasteiger partial charge in [0.2, 0.25) is 10.0 Å². The van der Waals surface area contributed by atoms with E-state index in [1.165, 1.54) is 6.07 Å². The molecule has 1 aliphatic rings. The smallest absolute Gasteiger partial charge is 0.309 e. The summed E-state index contributed by atoms with van der Waals surface area (Å²) in [6, 6.07) is 6.49. The Morgan fingerprint density at radius 3 is 2.65 bits per heavy atom. The molecule has 0 spiro atoms. The third-order valence-electron chi connectivity index (χ3n) is 4.30. The summed E-state index contributed by atoms with van der Waals surface area (Å²) in [7, 11) is -2.03. The number of ether oxygens (including phenoxy) is 1. The van der Waals surface area contributed by atoms with Gasteiger partial charge in [0, 0.05) is 26.7 Å². The highest BCUT2D eigenvalue weighted by Crippen LogP contribution is 2.19. The van der Waals surface area contributed by atoms with Crippen molar-refractivity contribution in [2.24, 2.45) is 16.0 Å². The van der Waals surface area contributed by atoms with E-state index < -0.39 is 10.0 Å². The Labute approximate surface area is 154 Å². The van der Waals surface area contributed by atoms with Crippen molar-refractivity contribution in [2.45, 2.75) is 31.2 Å². The maximum atomic E-state index is 11.8. The number of benzene rings is 1. The quantitative estimate of drug-likeness (QED) is 0.440. The standard InChI is InChI=1S/C17H26N4O4S/c1-3-25-16(22)14-7-9-21(10-8-14)17(19-2)20-12-13-5-4-6-15(11-13)26(18,23)24/h4-6,11,14H,3,7-10,12H2,1-2H3,(H,19,20)(H2,18,23,24). The molecule has 1 heterocycles. The zero-order valence-electron chi connectivity index (χ0n) is 15.1. The Kier molecular flexibility index (Phi) is 6.98. The minimum atomic E-state index is -3.72. The number of rotatable bonds is 5. The number of hydrogen-bond donors (Lipinski definition) is 2. The zero-order valence-corrected chi connectivity index (χ0v) is 16.0. The van der Waals surface area contributed by atoms with Crippen LogP contribution in [0.2, 0.25) is 0 Å². The number of carbonyl (C=O) groups is 1. The third-order valence-corrected chi connectivity index (χ3v) is 5.21. The monoisotopic (exact) mass is 382 g/mol. The van der Waals surface area contributed by atoms with Crippen LogP contribution in [0.25, 0.3) is 0 Å². The van der Waals surface area contributed by atoms with E-state index in [2.05, 4.69) is 15.2 Å². The molecule has 0 bridgehead atoms. The fraction of sp³-hybridized carbons (Fsp3) is 0.529. The van der Waals surface area contributed by atoms with Crippen LogP contribution in [0.4, 0.5) is 0 Å². The number of primary sulfonamides is 1. The number of sulfonamides is 1. The van der Waals surface area contributed by atoms with Crippen LogP contribution in [0.3, 0.4) is 0 Å². The number of nitrogens with one attached hydrogen (secondary N) is 1. The summed E-state index contributed by atoms with van der Waals surface area (Å²) in [6.45, 7) is 4.05. The number of nitrogens with two attached hydrogens (primary N) is 1. The van der Waals surface area contributed by atoms with Gasteiger partial charge in [-0.25, -0.2) is 13.6 Å². The second-order valence-electron chi connectivity index (χ2n) is 6.11. The fourth-order valence-electron chi connectivity index (χ4n) is 2.93. The highest BCUT2D eigenvalue weighted by atomic mass is 32.2. The van der Waals surface area contributed by atoms with E-state index in [1.54, 1.807) is 19.2 Å². The van der Waals surface area contributed by atoms with Gasteiger partial charge in [-0.3, -0.25) is 9.79 Å². The van der Waals surface area contributed by atoms with Crippen LogP contribution < -0.4 is 10.5 Å². The molecule has 1 saturated heterocycles. The molecule has 9 heteroatoms. The number of esters is 1. The van der Waals surface area contributed by atoms with E-state index in [9.17, 15) is 13.2 Å². The lowest BCUT2D eigenvalue weighted by atomic mass is 9.97. The highest BCUT2D eigenvalue weighted by Gasteiger charge is 2.27. The van der Waals surface area contributed by atoms with Gasteiger partial charge >= 0.3 is 5.97 Å². The number of nitrogens with zero attached hydrogens (tertiary/aromatic N) is 2. The Hall–Kier alpha value is -2.13. The maximum absolute atomic E-state index is 11.8. The predicted molar refractivity (Wildman–Crippen MR) is 98.9 cm³/mol. The van der Waals surface area contributed by atoms with Crippen molar-refractivity contribution >= 4 is 22.0 Å². The van der Waals surface area contributed by atoms with Gasteiger partial charge in [-0.2, -0.15) is 0 Å². The van der Waals surface area contributed by atoms with Gasteiger partial charge in [0.15, 0.2) is 5.96 Å². The molecule has 2 rings (SSSR count). The fourth-order valence-corrected chi connectivity index (χ4v) is 3.52.